The standard InChI is InChI=1S/C11H6F6O2/c1-5(19)7-3-9(11(15,16)17)8(10(12,13)14)2-6(7)4-18/h2-4H,1H3. The summed E-state index contributed by atoms with van der Waals surface area (Å²) >= 11 is 0. The second-order valence-corrected chi connectivity index (χ2v) is 3.65. The first-order valence-electron chi connectivity index (χ1n) is 4.77. The molecule has 1 aromatic rings. The Hall–Kier alpha value is -1.86. The number of rotatable bonds is 2. The highest BCUT2D eigenvalue weighted by Crippen LogP contribution is 2.41. The second kappa shape index (κ2) is 4.67. The zero-order chi connectivity index (χ0) is 15.0. The molecule has 0 aliphatic rings. The minimum atomic E-state index is -5.28. The molecule has 0 heterocycles. The Labute approximate surface area is 103 Å². The summed E-state index contributed by atoms with van der Waals surface area (Å²) in [5.74, 6) is -0.929. The van der Waals surface area contributed by atoms with Gasteiger partial charge in [-0.1, -0.05) is 0 Å². The molecule has 0 spiro atoms. The van der Waals surface area contributed by atoms with E-state index in [2.05, 4.69) is 0 Å². The Bertz CT molecular complexity index is 527. The number of carbonyl (C=O) groups excluding carboxylic acids is 2. The van der Waals surface area contributed by atoms with Crippen molar-refractivity contribution in [3.05, 3.63) is 34.4 Å². The van der Waals surface area contributed by atoms with Crippen LogP contribution in [0.15, 0.2) is 12.1 Å². The van der Waals surface area contributed by atoms with Crippen LogP contribution in [0.2, 0.25) is 0 Å². The van der Waals surface area contributed by atoms with Crippen molar-refractivity contribution < 1.29 is 35.9 Å². The minimum Gasteiger partial charge on any atom is -0.298 e. The van der Waals surface area contributed by atoms with Crippen molar-refractivity contribution in [3.8, 4) is 0 Å². The SMILES string of the molecule is CC(=O)c1cc(C(F)(F)F)c(C(F)(F)F)cc1C=O. The summed E-state index contributed by atoms with van der Waals surface area (Å²) in [5.41, 5.74) is -5.41. The van der Waals surface area contributed by atoms with Crippen molar-refractivity contribution in [1.82, 2.24) is 0 Å². The van der Waals surface area contributed by atoms with Crippen molar-refractivity contribution in [2.45, 2.75) is 19.3 Å². The van der Waals surface area contributed by atoms with Crippen LogP contribution in [0, 0.1) is 0 Å². The van der Waals surface area contributed by atoms with Gasteiger partial charge >= 0.3 is 12.4 Å². The van der Waals surface area contributed by atoms with Crippen molar-refractivity contribution in [1.29, 1.82) is 0 Å². The Morgan fingerprint density at radius 1 is 1.00 bits per heavy atom. The van der Waals surface area contributed by atoms with E-state index < -0.39 is 40.4 Å². The van der Waals surface area contributed by atoms with Gasteiger partial charge in [0.2, 0.25) is 0 Å². The van der Waals surface area contributed by atoms with Crippen LogP contribution in [0.3, 0.4) is 0 Å². The van der Waals surface area contributed by atoms with E-state index in [1.54, 1.807) is 0 Å². The van der Waals surface area contributed by atoms with Crippen LogP contribution in [0.5, 0.6) is 0 Å². The lowest BCUT2D eigenvalue weighted by molar-refractivity contribution is -0.162. The van der Waals surface area contributed by atoms with E-state index in [1.807, 2.05) is 0 Å². The van der Waals surface area contributed by atoms with Crippen LogP contribution >= 0.6 is 0 Å². The normalized spacial score (nSPS) is 12.4. The molecule has 2 nitrogen and oxygen atoms in total. The first kappa shape index (κ1) is 15.2. The molecule has 0 saturated heterocycles. The molecule has 0 amide bonds. The summed E-state index contributed by atoms with van der Waals surface area (Å²) in [4.78, 5) is 21.6. The smallest absolute Gasteiger partial charge is 0.298 e. The third-order valence-electron chi connectivity index (χ3n) is 2.31. The number of halogens is 6. The zero-order valence-corrected chi connectivity index (χ0v) is 9.32. The van der Waals surface area contributed by atoms with E-state index in [4.69, 9.17) is 0 Å². The molecule has 0 aromatic heterocycles. The molecule has 1 rings (SSSR count). The van der Waals surface area contributed by atoms with Crippen LogP contribution in [0.4, 0.5) is 26.3 Å². The number of Topliss-reactive ketones (excluding diaryl/α,β-unsaturated/α-hetero) is 1. The Balaban J connectivity index is 3.73. The number of hydrogen-bond donors (Lipinski definition) is 0. The van der Waals surface area contributed by atoms with Gasteiger partial charge in [-0.05, 0) is 19.1 Å². The average molecular weight is 284 g/mol. The minimum absolute atomic E-state index is 0.0343. The number of ketones is 1. The fourth-order valence-corrected chi connectivity index (χ4v) is 1.49. The van der Waals surface area contributed by atoms with E-state index in [9.17, 15) is 35.9 Å². The molecular formula is C11H6F6O2. The fraction of sp³-hybridized carbons (Fsp3) is 0.273. The Morgan fingerprint density at radius 2 is 1.42 bits per heavy atom. The summed E-state index contributed by atoms with van der Waals surface area (Å²) in [5, 5.41) is 0. The quantitative estimate of drug-likeness (QED) is 0.471. The van der Waals surface area contributed by atoms with E-state index in [1.165, 1.54) is 0 Å². The molecule has 0 atom stereocenters. The number of benzene rings is 1. The third kappa shape index (κ3) is 3.12. The van der Waals surface area contributed by atoms with E-state index in [0.717, 1.165) is 6.92 Å². The average Bonchev–Trinajstić information content (AvgIpc) is 2.24. The molecule has 0 aliphatic heterocycles. The van der Waals surface area contributed by atoms with Crippen molar-refractivity contribution in [3.63, 3.8) is 0 Å². The fourth-order valence-electron chi connectivity index (χ4n) is 1.49. The van der Waals surface area contributed by atoms with Crippen molar-refractivity contribution >= 4 is 12.1 Å². The van der Waals surface area contributed by atoms with Crippen molar-refractivity contribution in [2.75, 3.05) is 0 Å². The molecule has 0 radical (unpaired) electrons. The number of aldehydes is 1. The summed E-state index contributed by atoms with van der Waals surface area (Å²) in [7, 11) is 0. The maximum Gasteiger partial charge on any atom is 0.417 e. The maximum absolute atomic E-state index is 12.6. The van der Waals surface area contributed by atoms with Gasteiger partial charge < -0.3 is 0 Å². The number of carbonyl (C=O) groups is 2. The highest BCUT2D eigenvalue weighted by Gasteiger charge is 2.43. The first-order valence-corrected chi connectivity index (χ1v) is 4.77. The van der Waals surface area contributed by atoms with Crippen LogP contribution in [-0.2, 0) is 12.4 Å². The van der Waals surface area contributed by atoms with Gasteiger partial charge in [-0.15, -0.1) is 0 Å². The van der Waals surface area contributed by atoms with Gasteiger partial charge in [0, 0.05) is 11.1 Å². The Morgan fingerprint density at radius 3 is 1.74 bits per heavy atom. The van der Waals surface area contributed by atoms with Crippen LogP contribution in [0.1, 0.15) is 38.8 Å². The third-order valence-corrected chi connectivity index (χ3v) is 2.31. The van der Waals surface area contributed by atoms with Crippen LogP contribution in [0.25, 0.3) is 0 Å². The van der Waals surface area contributed by atoms with Gasteiger partial charge in [0.15, 0.2) is 12.1 Å². The maximum atomic E-state index is 12.6. The molecule has 0 bridgehead atoms. The van der Waals surface area contributed by atoms with Crippen molar-refractivity contribution in [2.24, 2.45) is 0 Å². The predicted molar refractivity (Wildman–Crippen MR) is 51.8 cm³/mol. The first-order chi connectivity index (χ1) is 8.48. The van der Waals surface area contributed by atoms with Gasteiger partial charge in [0.25, 0.3) is 0 Å². The molecule has 1 aromatic carbocycles. The number of hydrogen-bond acceptors (Lipinski definition) is 2. The van der Waals surface area contributed by atoms with Gasteiger partial charge in [-0.2, -0.15) is 26.3 Å². The van der Waals surface area contributed by atoms with Gasteiger partial charge in [-0.25, -0.2) is 0 Å². The van der Waals surface area contributed by atoms with Crippen LogP contribution in [-0.4, -0.2) is 12.1 Å². The molecule has 8 heteroatoms. The lowest BCUT2D eigenvalue weighted by Crippen LogP contribution is -2.18. The highest BCUT2D eigenvalue weighted by atomic mass is 19.4. The monoisotopic (exact) mass is 284 g/mol. The summed E-state index contributed by atoms with van der Waals surface area (Å²) < 4.78 is 75.3. The molecule has 19 heavy (non-hydrogen) atoms. The van der Waals surface area contributed by atoms with E-state index >= 15 is 0 Å². The molecule has 0 unspecified atom stereocenters. The molecule has 0 N–H and O–H groups in total. The zero-order valence-electron chi connectivity index (χ0n) is 9.32. The van der Waals surface area contributed by atoms with Gasteiger partial charge in [-0.3, -0.25) is 9.59 Å². The van der Waals surface area contributed by atoms with Gasteiger partial charge in [0.1, 0.15) is 0 Å². The molecule has 0 saturated carbocycles. The lowest BCUT2D eigenvalue weighted by atomic mass is 9.96. The highest BCUT2D eigenvalue weighted by molar-refractivity contribution is 6.01. The Kier molecular flexibility index (Phi) is 3.74. The topological polar surface area (TPSA) is 34.1 Å². The lowest BCUT2D eigenvalue weighted by Gasteiger charge is -2.17. The second-order valence-electron chi connectivity index (χ2n) is 3.65. The number of alkyl halides is 6. The molecule has 104 valence electrons. The van der Waals surface area contributed by atoms with Gasteiger partial charge in [0.05, 0.1) is 11.1 Å². The predicted octanol–water partition coefficient (Wildman–Crippen LogP) is 3.74. The van der Waals surface area contributed by atoms with E-state index in [0.29, 0.717) is 0 Å². The summed E-state index contributed by atoms with van der Waals surface area (Å²) in [6, 6.07) is 0.0848. The molecular weight excluding hydrogens is 278 g/mol. The molecule has 0 aliphatic carbocycles. The largest absolute Gasteiger partial charge is 0.417 e. The van der Waals surface area contributed by atoms with E-state index in [-0.39, 0.29) is 18.4 Å². The summed E-state index contributed by atoms with van der Waals surface area (Å²) in [6.45, 7) is 0.857. The molecule has 0 fully saturated rings. The van der Waals surface area contributed by atoms with Crippen LogP contribution < -0.4 is 0 Å². The summed E-state index contributed by atoms with van der Waals surface area (Å²) in [6.07, 6.45) is -10.7.